The predicted octanol–water partition coefficient (Wildman–Crippen LogP) is 3.26. The fourth-order valence-electron chi connectivity index (χ4n) is 1.83. The number of hydrazine groups is 1. The van der Waals surface area contributed by atoms with E-state index in [-0.39, 0.29) is 5.56 Å². The Morgan fingerprint density at radius 3 is 2.42 bits per heavy atom. The Kier molecular flexibility index (Phi) is 4.43. The quantitative estimate of drug-likeness (QED) is 0.489. The van der Waals surface area contributed by atoms with Crippen LogP contribution in [0.5, 0.6) is 0 Å². The number of halogens is 4. The highest BCUT2D eigenvalue weighted by Gasteiger charge is 2.21. The fraction of sp³-hybridized carbons (Fsp3) is 0.0769. The van der Waals surface area contributed by atoms with E-state index in [9.17, 15) is 13.2 Å². The van der Waals surface area contributed by atoms with Gasteiger partial charge in [-0.3, -0.25) is 5.84 Å². The molecular weight excluding hydrogens is 368 g/mol. The van der Waals surface area contributed by atoms with Crippen LogP contribution in [0.4, 0.5) is 13.2 Å². The third kappa shape index (κ3) is 2.90. The molecule has 6 heteroatoms. The summed E-state index contributed by atoms with van der Waals surface area (Å²) in [6.07, 6.45) is 0. The first-order valence-electron chi connectivity index (χ1n) is 5.39. The van der Waals surface area contributed by atoms with Crippen molar-refractivity contribution in [1.82, 2.24) is 5.43 Å². The van der Waals surface area contributed by atoms with Crippen LogP contribution in [0.1, 0.15) is 17.2 Å². The minimum Gasteiger partial charge on any atom is -0.271 e. The summed E-state index contributed by atoms with van der Waals surface area (Å²) in [5.41, 5.74) is 3.08. The van der Waals surface area contributed by atoms with Crippen LogP contribution in [-0.2, 0) is 0 Å². The highest BCUT2D eigenvalue weighted by molar-refractivity contribution is 14.1. The van der Waals surface area contributed by atoms with Gasteiger partial charge in [0.05, 0.1) is 6.04 Å². The lowest BCUT2D eigenvalue weighted by atomic mass is 9.98. The first kappa shape index (κ1) is 14.3. The Bertz CT molecular complexity index is 604. The van der Waals surface area contributed by atoms with Crippen molar-refractivity contribution in [3.05, 3.63) is 68.5 Å². The molecule has 0 aliphatic rings. The highest BCUT2D eigenvalue weighted by atomic mass is 127. The average Bonchev–Trinajstić information content (AvgIpc) is 2.37. The number of nitrogens with two attached hydrogens (primary N) is 1. The van der Waals surface area contributed by atoms with E-state index in [1.54, 1.807) is 0 Å². The maximum atomic E-state index is 13.8. The van der Waals surface area contributed by atoms with Crippen molar-refractivity contribution in [2.24, 2.45) is 5.84 Å². The van der Waals surface area contributed by atoms with E-state index in [1.807, 2.05) is 22.6 Å². The molecule has 0 spiro atoms. The SMILES string of the molecule is NNC(c1ccc(F)cc1I)c1cccc(F)c1F. The molecule has 0 saturated heterocycles. The summed E-state index contributed by atoms with van der Waals surface area (Å²) in [5.74, 6) is 3.11. The topological polar surface area (TPSA) is 38.0 Å². The third-order valence-electron chi connectivity index (χ3n) is 2.73. The van der Waals surface area contributed by atoms with Crippen molar-refractivity contribution in [3.8, 4) is 0 Å². The summed E-state index contributed by atoms with van der Waals surface area (Å²) < 4.78 is 40.7. The number of hydrogen-bond acceptors (Lipinski definition) is 2. The first-order chi connectivity index (χ1) is 9.04. The lowest BCUT2D eigenvalue weighted by Crippen LogP contribution is -2.30. The van der Waals surface area contributed by atoms with Crippen molar-refractivity contribution >= 4 is 22.6 Å². The zero-order valence-corrected chi connectivity index (χ0v) is 11.8. The van der Waals surface area contributed by atoms with Crippen LogP contribution in [0, 0.1) is 21.0 Å². The molecule has 0 saturated carbocycles. The summed E-state index contributed by atoms with van der Waals surface area (Å²) in [7, 11) is 0. The van der Waals surface area contributed by atoms with Gasteiger partial charge in [-0.1, -0.05) is 18.2 Å². The molecule has 0 radical (unpaired) electrons. The van der Waals surface area contributed by atoms with Crippen molar-refractivity contribution < 1.29 is 13.2 Å². The van der Waals surface area contributed by atoms with Gasteiger partial charge < -0.3 is 0 Å². The van der Waals surface area contributed by atoms with Gasteiger partial charge >= 0.3 is 0 Å². The van der Waals surface area contributed by atoms with Gasteiger partial charge in [-0.05, 0) is 46.4 Å². The molecule has 0 bridgehead atoms. The smallest absolute Gasteiger partial charge is 0.163 e. The van der Waals surface area contributed by atoms with Gasteiger partial charge in [0.25, 0.3) is 0 Å². The Hall–Kier alpha value is -1.12. The number of nitrogens with one attached hydrogen (secondary N) is 1. The molecular formula is C13H10F3IN2. The molecule has 0 aliphatic carbocycles. The van der Waals surface area contributed by atoms with Crippen LogP contribution in [0.25, 0.3) is 0 Å². The monoisotopic (exact) mass is 378 g/mol. The average molecular weight is 378 g/mol. The van der Waals surface area contributed by atoms with Gasteiger partial charge in [-0.15, -0.1) is 0 Å². The third-order valence-corrected chi connectivity index (χ3v) is 3.67. The van der Waals surface area contributed by atoms with Crippen molar-refractivity contribution in [2.45, 2.75) is 6.04 Å². The second kappa shape index (κ2) is 5.89. The van der Waals surface area contributed by atoms with Crippen LogP contribution in [0.15, 0.2) is 36.4 Å². The molecule has 0 heterocycles. The van der Waals surface area contributed by atoms with Gasteiger partial charge in [0.15, 0.2) is 11.6 Å². The van der Waals surface area contributed by atoms with Gasteiger partial charge in [-0.25, -0.2) is 18.6 Å². The van der Waals surface area contributed by atoms with Crippen LogP contribution in [0.3, 0.4) is 0 Å². The summed E-state index contributed by atoms with van der Waals surface area (Å²) in [6.45, 7) is 0. The zero-order chi connectivity index (χ0) is 14.0. The Morgan fingerprint density at radius 2 is 1.79 bits per heavy atom. The summed E-state index contributed by atoms with van der Waals surface area (Å²) in [4.78, 5) is 0. The van der Waals surface area contributed by atoms with Crippen molar-refractivity contribution in [1.29, 1.82) is 0 Å². The van der Waals surface area contributed by atoms with Gasteiger partial charge in [0.2, 0.25) is 0 Å². The molecule has 3 N–H and O–H groups in total. The summed E-state index contributed by atoms with van der Waals surface area (Å²) >= 11 is 1.92. The predicted molar refractivity (Wildman–Crippen MR) is 74.6 cm³/mol. The minimum absolute atomic E-state index is 0.0759. The normalized spacial score (nSPS) is 12.5. The molecule has 2 aromatic rings. The second-order valence-corrected chi connectivity index (χ2v) is 5.07. The molecule has 2 nitrogen and oxygen atoms in total. The van der Waals surface area contributed by atoms with Crippen LogP contribution >= 0.6 is 22.6 Å². The minimum atomic E-state index is -0.967. The number of hydrogen-bond donors (Lipinski definition) is 2. The van der Waals surface area contributed by atoms with E-state index in [0.29, 0.717) is 9.13 Å². The molecule has 0 aliphatic heterocycles. The summed E-state index contributed by atoms with van der Waals surface area (Å²) in [5, 5.41) is 0. The molecule has 2 rings (SSSR count). The lowest BCUT2D eigenvalue weighted by molar-refractivity contribution is 0.482. The van der Waals surface area contributed by atoms with E-state index in [2.05, 4.69) is 5.43 Å². The standard InChI is InChI=1S/C13H10F3IN2/c14-7-4-5-8(11(17)6-7)13(19-18)9-2-1-3-10(15)12(9)16/h1-6,13,19H,18H2. The first-order valence-corrected chi connectivity index (χ1v) is 6.47. The summed E-state index contributed by atoms with van der Waals surface area (Å²) in [6, 6.07) is 7.16. The van der Waals surface area contributed by atoms with Crippen LogP contribution in [0.2, 0.25) is 0 Å². The van der Waals surface area contributed by atoms with Gasteiger partial charge in [-0.2, -0.15) is 0 Å². The maximum Gasteiger partial charge on any atom is 0.163 e. The van der Waals surface area contributed by atoms with Crippen LogP contribution < -0.4 is 11.3 Å². The van der Waals surface area contributed by atoms with Crippen molar-refractivity contribution in [3.63, 3.8) is 0 Å². The molecule has 100 valence electrons. The Morgan fingerprint density at radius 1 is 1.05 bits per heavy atom. The van der Waals surface area contributed by atoms with E-state index < -0.39 is 23.5 Å². The molecule has 0 amide bonds. The van der Waals surface area contributed by atoms with E-state index in [0.717, 1.165) is 6.07 Å². The van der Waals surface area contributed by atoms with Gasteiger partial charge in [0.1, 0.15) is 5.82 Å². The molecule has 1 atom stereocenters. The molecule has 0 aromatic heterocycles. The Labute approximate surface area is 121 Å². The highest BCUT2D eigenvalue weighted by Crippen LogP contribution is 2.28. The fourth-order valence-corrected chi connectivity index (χ4v) is 2.61. The van der Waals surface area contributed by atoms with Crippen LogP contribution in [-0.4, -0.2) is 0 Å². The van der Waals surface area contributed by atoms with Gasteiger partial charge in [0, 0.05) is 9.13 Å². The molecule has 0 fully saturated rings. The van der Waals surface area contributed by atoms with Crippen molar-refractivity contribution in [2.75, 3.05) is 0 Å². The number of benzene rings is 2. The maximum absolute atomic E-state index is 13.8. The molecule has 2 aromatic carbocycles. The number of rotatable bonds is 3. The lowest BCUT2D eigenvalue weighted by Gasteiger charge is -2.19. The second-order valence-electron chi connectivity index (χ2n) is 3.91. The molecule has 19 heavy (non-hydrogen) atoms. The Balaban J connectivity index is 2.53. The van der Waals surface area contributed by atoms with E-state index in [1.165, 1.54) is 30.3 Å². The van der Waals surface area contributed by atoms with E-state index in [4.69, 9.17) is 5.84 Å². The zero-order valence-electron chi connectivity index (χ0n) is 9.63. The molecule has 1 unspecified atom stereocenters. The largest absolute Gasteiger partial charge is 0.271 e. The van der Waals surface area contributed by atoms with E-state index >= 15 is 0 Å².